The first-order valence-corrected chi connectivity index (χ1v) is 6.70. The number of carbonyl (C=O) groups excluding carboxylic acids is 1. The number of nitrogens with two attached hydrogens (primary N) is 1. The normalized spacial score (nSPS) is 13.9. The third-order valence-electron chi connectivity index (χ3n) is 3.36. The van der Waals surface area contributed by atoms with E-state index in [4.69, 9.17) is 15.2 Å². The van der Waals surface area contributed by atoms with Crippen LogP contribution in [0.2, 0.25) is 0 Å². The van der Waals surface area contributed by atoms with Crippen molar-refractivity contribution in [1.29, 1.82) is 0 Å². The predicted octanol–water partition coefficient (Wildman–Crippen LogP) is 1.73. The van der Waals surface area contributed by atoms with E-state index >= 15 is 0 Å². The number of benzene rings is 2. The largest absolute Gasteiger partial charge is 0.454 e. The maximum Gasteiger partial charge on any atom is 0.239 e. The number of fused-ring (bicyclic) bond motifs is 1. The van der Waals surface area contributed by atoms with Crippen molar-refractivity contribution in [3.63, 3.8) is 0 Å². The van der Waals surface area contributed by atoms with Crippen LogP contribution in [0.5, 0.6) is 11.5 Å². The Bertz CT molecular complexity index is 643. The third kappa shape index (κ3) is 2.98. The highest BCUT2D eigenvalue weighted by atomic mass is 16.7. The molecule has 5 nitrogen and oxygen atoms in total. The zero-order chi connectivity index (χ0) is 14.7. The van der Waals surface area contributed by atoms with Gasteiger partial charge >= 0.3 is 0 Å². The van der Waals surface area contributed by atoms with Crippen LogP contribution < -0.4 is 20.5 Å². The lowest BCUT2D eigenvalue weighted by molar-refractivity contribution is -0.120. The molecule has 1 heterocycles. The summed E-state index contributed by atoms with van der Waals surface area (Å²) in [6, 6.07) is 14.6. The van der Waals surface area contributed by atoms with Crippen LogP contribution in [-0.4, -0.2) is 12.7 Å². The van der Waals surface area contributed by atoms with Crippen LogP contribution in [0.15, 0.2) is 48.5 Å². The maximum absolute atomic E-state index is 11.6. The van der Waals surface area contributed by atoms with E-state index in [1.165, 1.54) is 0 Å². The Balaban J connectivity index is 1.71. The second kappa shape index (κ2) is 5.85. The number of rotatable bonds is 5. The summed E-state index contributed by atoms with van der Waals surface area (Å²) in [6.45, 7) is 0.763. The third-order valence-corrected chi connectivity index (χ3v) is 3.36. The standard InChI is InChI=1S/C16H16N2O3/c17-16(19)15(12-4-2-1-3-5-12)18-9-11-6-7-13-14(8-11)21-10-20-13/h1-8,15,18H,9-10H2,(H2,17,19). The number of nitrogens with one attached hydrogen (secondary N) is 1. The monoisotopic (exact) mass is 284 g/mol. The molecule has 2 aromatic carbocycles. The molecular formula is C16H16N2O3. The second-order valence-corrected chi connectivity index (χ2v) is 4.81. The molecule has 1 aliphatic heterocycles. The zero-order valence-electron chi connectivity index (χ0n) is 11.4. The molecule has 0 saturated carbocycles. The molecule has 1 aliphatic rings. The number of hydrogen-bond donors (Lipinski definition) is 2. The fourth-order valence-electron chi connectivity index (χ4n) is 2.30. The van der Waals surface area contributed by atoms with Gasteiger partial charge in [-0.1, -0.05) is 36.4 Å². The molecule has 1 unspecified atom stereocenters. The summed E-state index contributed by atoms with van der Waals surface area (Å²) >= 11 is 0. The Labute approximate surface area is 122 Å². The highest BCUT2D eigenvalue weighted by Crippen LogP contribution is 2.32. The maximum atomic E-state index is 11.6. The summed E-state index contributed by atoms with van der Waals surface area (Å²) < 4.78 is 10.6. The SMILES string of the molecule is NC(=O)C(NCc1ccc2c(c1)OCO2)c1ccccc1. The molecule has 0 spiro atoms. The fraction of sp³-hybridized carbons (Fsp3) is 0.188. The van der Waals surface area contributed by atoms with Gasteiger partial charge in [-0.05, 0) is 23.3 Å². The fourth-order valence-corrected chi connectivity index (χ4v) is 2.30. The highest BCUT2D eigenvalue weighted by molar-refractivity contribution is 5.81. The molecule has 3 rings (SSSR count). The molecular weight excluding hydrogens is 268 g/mol. The van der Waals surface area contributed by atoms with E-state index in [1.807, 2.05) is 48.5 Å². The van der Waals surface area contributed by atoms with E-state index in [0.717, 1.165) is 22.6 Å². The van der Waals surface area contributed by atoms with E-state index in [1.54, 1.807) is 0 Å². The lowest BCUT2D eigenvalue weighted by Crippen LogP contribution is -2.33. The van der Waals surface area contributed by atoms with Gasteiger partial charge < -0.3 is 15.2 Å². The van der Waals surface area contributed by atoms with Gasteiger partial charge in [0.2, 0.25) is 12.7 Å². The molecule has 0 aliphatic carbocycles. The Morgan fingerprint density at radius 3 is 2.67 bits per heavy atom. The Morgan fingerprint density at radius 1 is 1.14 bits per heavy atom. The van der Waals surface area contributed by atoms with Crippen molar-refractivity contribution in [3.05, 3.63) is 59.7 Å². The molecule has 5 heteroatoms. The van der Waals surface area contributed by atoms with E-state index < -0.39 is 11.9 Å². The Kier molecular flexibility index (Phi) is 3.75. The van der Waals surface area contributed by atoms with Gasteiger partial charge in [0.15, 0.2) is 11.5 Å². The summed E-state index contributed by atoms with van der Waals surface area (Å²) in [5.74, 6) is 1.07. The predicted molar refractivity (Wildman–Crippen MR) is 77.8 cm³/mol. The second-order valence-electron chi connectivity index (χ2n) is 4.81. The Hall–Kier alpha value is -2.53. The minimum atomic E-state index is -0.517. The van der Waals surface area contributed by atoms with Crippen molar-refractivity contribution in [2.75, 3.05) is 6.79 Å². The van der Waals surface area contributed by atoms with E-state index in [9.17, 15) is 4.79 Å². The highest BCUT2D eigenvalue weighted by Gasteiger charge is 2.18. The number of hydrogen-bond acceptors (Lipinski definition) is 4. The smallest absolute Gasteiger partial charge is 0.239 e. The van der Waals surface area contributed by atoms with Crippen molar-refractivity contribution in [1.82, 2.24) is 5.32 Å². The van der Waals surface area contributed by atoms with Crippen molar-refractivity contribution in [2.24, 2.45) is 5.73 Å². The molecule has 21 heavy (non-hydrogen) atoms. The van der Waals surface area contributed by atoms with E-state index in [2.05, 4.69) is 5.32 Å². The molecule has 2 aromatic rings. The number of amides is 1. The van der Waals surface area contributed by atoms with Crippen molar-refractivity contribution < 1.29 is 14.3 Å². The van der Waals surface area contributed by atoms with E-state index in [0.29, 0.717) is 6.54 Å². The first-order valence-electron chi connectivity index (χ1n) is 6.70. The lowest BCUT2D eigenvalue weighted by Gasteiger charge is -2.16. The van der Waals surface area contributed by atoms with Gasteiger partial charge in [0.05, 0.1) is 0 Å². The van der Waals surface area contributed by atoms with Crippen molar-refractivity contribution in [2.45, 2.75) is 12.6 Å². The minimum Gasteiger partial charge on any atom is -0.454 e. The number of primary amides is 1. The molecule has 3 N–H and O–H groups in total. The molecule has 0 radical (unpaired) electrons. The Morgan fingerprint density at radius 2 is 1.90 bits per heavy atom. The van der Waals surface area contributed by atoms with Crippen LogP contribution in [0.1, 0.15) is 17.2 Å². The number of carbonyl (C=O) groups is 1. The van der Waals surface area contributed by atoms with Gasteiger partial charge in [-0.15, -0.1) is 0 Å². The van der Waals surface area contributed by atoms with Crippen LogP contribution in [0.3, 0.4) is 0 Å². The average Bonchev–Trinajstić information content (AvgIpc) is 2.96. The molecule has 108 valence electrons. The lowest BCUT2D eigenvalue weighted by atomic mass is 10.1. The molecule has 0 bridgehead atoms. The minimum absolute atomic E-state index is 0.250. The summed E-state index contributed by atoms with van der Waals surface area (Å²) in [6.07, 6.45) is 0. The summed E-state index contributed by atoms with van der Waals surface area (Å²) in [5.41, 5.74) is 7.33. The topological polar surface area (TPSA) is 73.6 Å². The van der Waals surface area contributed by atoms with Crippen molar-refractivity contribution in [3.8, 4) is 11.5 Å². The first kappa shape index (κ1) is 13.5. The quantitative estimate of drug-likeness (QED) is 0.877. The van der Waals surface area contributed by atoms with Crippen LogP contribution in [0, 0.1) is 0 Å². The van der Waals surface area contributed by atoms with Gasteiger partial charge in [-0.3, -0.25) is 10.1 Å². The van der Waals surface area contributed by atoms with Gasteiger partial charge in [0.1, 0.15) is 6.04 Å². The first-order chi connectivity index (χ1) is 10.2. The summed E-state index contributed by atoms with van der Waals surface area (Å²) in [7, 11) is 0. The van der Waals surface area contributed by atoms with Gasteiger partial charge in [-0.25, -0.2) is 0 Å². The van der Waals surface area contributed by atoms with Gasteiger partial charge in [0.25, 0.3) is 0 Å². The molecule has 0 saturated heterocycles. The molecule has 0 fully saturated rings. The van der Waals surface area contributed by atoms with Gasteiger partial charge in [0, 0.05) is 6.54 Å². The number of ether oxygens (including phenoxy) is 2. The van der Waals surface area contributed by atoms with Crippen LogP contribution in [0.4, 0.5) is 0 Å². The van der Waals surface area contributed by atoms with Gasteiger partial charge in [-0.2, -0.15) is 0 Å². The molecule has 0 aromatic heterocycles. The molecule has 1 atom stereocenters. The van der Waals surface area contributed by atoms with Crippen LogP contribution in [-0.2, 0) is 11.3 Å². The van der Waals surface area contributed by atoms with E-state index in [-0.39, 0.29) is 6.79 Å². The van der Waals surface area contributed by atoms with Crippen LogP contribution in [0.25, 0.3) is 0 Å². The van der Waals surface area contributed by atoms with Crippen molar-refractivity contribution >= 4 is 5.91 Å². The van der Waals surface area contributed by atoms with Crippen LogP contribution >= 0.6 is 0 Å². The molecule has 1 amide bonds. The average molecular weight is 284 g/mol. The zero-order valence-corrected chi connectivity index (χ0v) is 11.4. The summed E-state index contributed by atoms with van der Waals surface area (Å²) in [5, 5.41) is 3.17. The summed E-state index contributed by atoms with van der Waals surface area (Å²) in [4.78, 5) is 11.6.